The minimum absolute atomic E-state index is 0.000289. The van der Waals surface area contributed by atoms with Gasteiger partial charge in [0.25, 0.3) is 5.91 Å². The molecule has 1 aromatic heterocycles. The zero-order valence-corrected chi connectivity index (χ0v) is 15.5. The molecule has 26 heavy (non-hydrogen) atoms. The average Bonchev–Trinajstić information content (AvgIpc) is 3.08. The number of carbonyl (C=O) groups is 1. The van der Waals surface area contributed by atoms with E-state index >= 15 is 0 Å². The van der Waals surface area contributed by atoms with Gasteiger partial charge < -0.3 is 14.4 Å². The Labute approximate surface area is 160 Å². The van der Waals surface area contributed by atoms with Gasteiger partial charge in [0.05, 0.1) is 10.0 Å². The summed E-state index contributed by atoms with van der Waals surface area (Å²) in [6.45, 7) is 1.63. The van der Waals surface area contributed by atoms with E-state index in [4.69, 9.17) is 27.6 Å². The van der Waals surface area contributed by atoms with Crippen LogP contribution in [0.15, 0.2) is 51.5 Å². The molecule has 1 atom stereocenters. The maximum absolute atomic E-state index is 12.0. The van der Waals surface area contributed by atoms with Crippen molar-refractivity contribution in [1.29, 1.82) is 5.26 Å². The van der Waals surface area contributed by atoms with Crippen LogP contribution in [0, 0.1) is 11.3 Å². The number of benzene rings is 1. The molecule has 0 aliphatic carbocycles. The van der Waals surface area contributed by atoms with Gasteiger partial charge in [-0.3, -0.25) is 4.79 Å². The third-order valence-electron chi connectivity index (χ3n) is 4.23. The number of nitrogens with zero attached hydrogens (tertiary/aromatic N) is 2. The Morgan fingerprint density at radius 1 is 1.27 bits per heavy atom. The molecule has 1 aliphatic rings. The van der Waals surface area contributed by atoms with E-state index in [0.717, 1.165) is 10.5 Å². The van der Waals surface area contributed by atoms with Crippen molar-refractivity contribution in [2.24, 2.45) is 0 Å². The van der Waals surface area contributed by atoms with Gasteiger partial charge in [0.1, 0.15) is 23.2 Å². The summed E-state index contributed by atoms with van der Waals surface area (Å²) in [6.07, 6.45) is 0.458. The first kappa shape index (κ1) is 18.3. The Balaban J connectivity index is 2.01. The molecular weight excluding hydrogens is 375 g/mol. The van der Waals surface area contributed by atoms with Crippen molar-refractivity contribution >= 4 is 35.2 Å². The van der Waals surface area contributed by atoms with E-state index in [1.54, 1.807) is 43.3 Å². The summed E-state index contributed by atoms with van der Waals surface area (Å²) in [6, 6.07) is 10.5. The van der Waals surface area contributed by atoms with E-state index in [0.29, 0.717) is 32.7 Å². The van der Waals surface area contributed by atoms with E-state index in [-0.39, 0.29) is 5.57 Å². The number of amides is 1. The van der Waals surface area contributed by atoms with Crippen molar-refractivity contribution in [3.8, 4) is 17.4 Å². The summed E-state index contributed by atoms with van der Waals surface area (Å²) in [4.78, 5) is 13.1. The Bertz CT molecular complexity index is 998. The number of aliphatic hydroxyl groups is 1. The van der Waals surface area contributed by atoms with Crippen LogP contribution in [0.5, 0.6) is 0 Å². The van der Waals surface area contributed by atoms with Crippen LogP contribution in [0.3, 0.4) is 0 Å². The van der Waals surface area contributed by atoms with Crippen molar-refractivity contribution in [2.75, 3.05) is 7.05 Å². The Kier molecular flexibility index (Phi) is 4.92. The number of halogens is 2. The zero-order chi connectivity index (χ0) is 19.0. The number of nitriles is 1. The number of hydrogen-bond acceptors (Lipinski definition) is 4. The Morgan fingerprint density at radius 2 is 2.00 bits per heavy atom. The number of aliphatic hydroxyl groups excluding tert-OH is 1. The monoisotopic (exact) mass is 388 g/mol. The summed E-state index contributed by atoms with van der Waals surface area (Å²) >= 11 is 12.0. The molecule has 0 bridgehead atoms. The highest BCUT2D eigenvalue weighted by molar-refractivity contribution is 6.42. The summed E-state index contributed by atoms with van der Waals surface area (Å²) in [7, 11) is 1.44. The van der Waals surface area contributed by atoms with E-state index in [9.17, 15) is 15.2 Å². The molecule has 1 N–H and O–H groups in total. The van der Waals surface area contributed by atoms with Gasteiger partial charge in [-0.15, -0.1) is 0 Å². The lowest BCUT2D eigenvalue weighted by molar-refractivity contribution is -0.133. The molecule has 1 amide bonds. The summed E-state index contributed by atoms with van der Waals surface area (Å²) < 4.78 is 5.80. The molecular formula is C19H14Cl2N2O3. The van der Waals surface area contributed by atoms with Crippen molar-refractivity contribution in [3.05, 3.63) is 62.9 Å². The average molecular weight is 389 g/mol. The lowest BCUT2D eigenvalue weighted by Gasteiger charge is -2.31. The highest BCUT2D eigenvalue weighted by Crippen LogP contribution is 2.32. The molecule has 2 heterocycles. The minimum Gasteiger partial charge on any atom is -0.457 e. The maximum atomic E-state index is 12.0. The highest BCUT2D eigenvalue weighted by atomic mass is 35.5. The molecule has 132 valence electrons. The molecule has 0 fully saturated rings. The number of likely N-dealkylation sites (N-methyl/N-ethyl adjacent to an activating group) is 1. The lowest BCUT2D eigenvalue weighted by atomic mass is 9.94. The quantitative estimate of drug-likeness (QED) is 0.832. The molecule has 5 nitrogen and oxygen atoms in total. The zero-order valence-electron chi connectivity index (χ0n) is 14.0. The van der Waals surface area contributed by atoms with Crippen LogP contribution >= 0.6 is 23.2 Å². The summed E-state index contributed by atoms with van der Waals surface area (Å²) in [5.74, 6) is 0.539. The van der Waals surface area contributed by atoms with Gasteiger partial charge in [-0.1, -0.05) is 23.2 Å². The molecule has 0 radical (unpaired) electrons. The number of rotatable bonds is 2. The van der Waals surface area contributed by atoms with Crippen LogP contribution in [0.4, 0.5) is 0 Å². The number of hydrogen-bond donors (Lipinski definition) is 1. The van der Waals surface area contributed by atoms with Gasteiger partial charge in [0, 0.05) is 18.2 Å². The van der Waals surface area contributed by atoms with Crippen LogP contribution in [0.25, 0.3) is 17.4 Å². The largest absolute Gasteiger partial charge is 0.457 e. The van der Waals surface area contributed by atoms with E-state index < -0.39 is 12.1 Å². The molecule has 1 aromatic carbocycles. The van der Waals surface area contributed by atoms with Gasteiger partial charge in [-0.25, -0.2) is 0 Å². The molecule has 1 aliphatic heterocycles. The first-order valence-electron chi connectivity index (χ1n) is 7.67. The normalized spacial score (nSPS) is 19.2. The molecule has 7 heteroatoms. The predicted octanol–water partition coefficient (Wildman–Crippen LogP) is 4.27. The first-order chi connectivity index (χ1) is 12.3. The van der Waals surface area contributed by atoms with Gasteiger partial charge in [0.15, 0.2) is 6.23 Å². The number of furan rings is 1. The van der Waals surface area contributed by atoms with Gasteiger partial charge >= 0.3 is 0 Å². The molecule has 0 saturated heterocycles. The minimum atomic E-state index is -1.15. The smallest absolute Gasteiger partial charge is 0.266 e. The van der Waals surface area contributed by atoms with Gasteiger partial charge in [-0.2, -0.15) is 5.26 Å². The highest BCUT2D eigenvalue weighted by Gasteiger charge is 2.33. The van der Waals surface area contributed by atoms with Crippen molar-refractivity contribution in [1.82, 2.24) is 4.90 Å². The van der Waals surface area contributed by atoms with Crippen LogP contribution in [-0.4, -0.2) is 29.2 Å². The van der Waals surface area contributed by atoms with Gasteiger partial charge in [-0.05, 0) is 48.9 Å². The molecule has 0 spiro atoms. The topological polar surface area (TPSA) is 77.5 Å². The molecule has 1 unspecified atom stereocenters. The fourth-order valence-electron chi connectivity index (χ4n) is 2.70. The summed E-state index contributed by atoms with van der Waals surface area (Å²) in [5, 5.41) is 20.4. The number of carbonyl (C=O) groups excluding carboxylic acids is 1. The Hall–Kier alpha value is -2.52. The summed E-state index contributed by atoms with van der Waals surface area (Å²) in [5.41, 5.74) is 1.61. The van der Waals surface area contributed by atoms with E-state index in [1.807, 2.05) is 6.07 Å². The van der Waals surface area contributed by atoms with Crippen LogP contribution < -0.4 is 0 Å². The standard InChI is InChI=1S/C19H14Cl2N2O3/c1-10-13(18(24)23(2)19(25)14(10)9-22)8-12-4-6-17(26-12)11-3-5-15(20)16(21)7-11/h3-8,18,24H,1-2H3/b13-8-. The van der Waals surface area contributed by atoms with Crippen LogP contribution in [0.2, 0.25) is 10.0 Å². The maximum Gasteiger partial charge on any atom is 0.266 e. The molecule has 3 rings (SSSR count). The van der Waals surface area contributed by atoms with E-state index in [2.05, 4.69) is 0 Å². The fraction of sp³-hybridized carbons (Fsp3) is 0.158. The lowest BCUT2D eigenvalue weighted by Crippen LogP contribution is -2.43. The Morgan fingerprint density at radius 3 is 2.65 bits per heavy atom. The van der Waals surface area contributed by atoms with Gasteiger partial charge in [0.2, 0.25) is 0 Å². The second kappa shape index (κ2) is 7.00. The second-order valence-corrected chi connectivity index (χ2v) is 6.65. The third kappa shape index (κ3) is 3.15. The third-order valence-corrected chi connectivity index (χ3v) is 4.97. The first-order valence-corrected chi connectivity index (χ1v) is 8.42. The van der Waals surface area contributed by atoms with Crippen LogP contribution in [-0.2, 0) is 4.79 Å². The SMILES string of the molecule is CC1=C(C#N)C(=O)N(C)C(O)/C1=C\c1ccc(-c2ccc(Cl)c(Cl)c2)o1. The van der Waals surface area contributed by atoms with Crippen molar-refractivity contribution in [3.63, 3.8) is 0 Å². The second-order valence-electron chi connectivity index (χ2n) is 5.83. The van der Waals surface area contributed by atoms with Crippen molar-refractivity contribution in [2.45, 2.75) is 13.2 Å². The van der Waals surface area contributed by atoms with Crippen LogP contribution in [0.1, 0.15) is 12.7 Å². The molecule has 0 saturated carbocycles. The van der Waals surface area contributed by atoms with Crippen molar-refractivity contribution < 1.29 is 14.3 Å². The fourth-order valence-corrected chi connectivity index (χ4v) is 3.00. The van der Waals surface area contributed by atoms with E-state index in [1.165, 1.54) is 7.05 Å². The predicted molar refractivity (Wildman–Crippen MR) is 99.2 cm³/mol. The molecule has 2 aromatic rings.